The zero-order valence-corrected chi connectivity index (χ0v) is 20.5. The lowest BCUT2D eigenvalue weighted by Gasteiger charge is -2.35. The summed E-state index contributed by atoms with van der Waals surface area (Å²) in [4.78, 5) is 20.7. The topological polar surface area (TPSA) is 63.4 Å². The molecule has 0 bridgehead atoms. The quantitative estimate of drug-likeness (QED) is 0.452. The van der Waals surface area contributed by atoms with Crippen LogP contribution in [0.1, 0.15) is 45.3 Å². The Bertz CT molecular complexity index is 791. The van der Waals surface area contributed by atoms with E-state index in [0.29, 0.717) is 13.1 Å². The van der Waals surface area contributed by atoms with E-state index in [2.05, 4.69) is 40.7 Å². The van der Waals surface area contributed by atoms with Gasteiger partial charge in [-0.1, -0.05) is 44.9 Å². The molecule has 3 rings (SSSR count). The lowest BCUT2D eigenvalue weighted by molar-refractivity contribution is 0.0994. The number of unbranched alkanes of at least 4 members (excludes halogenated alkanes) is 2. The highest BCUT2D eigenvalue weighted by atomic mass is 16.4. The summed E-state index contributed by atoms with van der Waals surface area (Å²) in [5.74, 6) is 1.01. The average Bonchev–Trinajstić information content (AvgIpc) is 3.23. The fraction of sp³-hybridized carbons (Fsp3) is 0.654. The van der Waals surface area contributed by atoms with E-state index in [9.17, 15) is 9.90 Å². The molecule has 184 valence electrons. The van der Waals surface area contributed by atoms with Gasteiger partial charge in [-0.2, -0.15) is 0 Å². The molecule has 1 aliphatic heterocycles. The van der Waals surface area contributed by atoms with Crippen molar-refractivity contribution >= 4 is 17.1 Å². The highest BCUT2D eigenvalue weighted by Gasteiger charge is 2.20. The number of piperazine rings is 1. The standard InChI is InChI=1S/C26H42N4O3/c1-3-5-11-27(12-6-4-2)17-19-30(26(31)32)20-18-28-13-15-29(16-14-28)22-24-21-23-9-7-8-10-25(23)33-24/h7-10,21H,3-6,11-20,22H2,1-2H3,(H,31,32). The summed E-state index contributed by atoms with van der Waals surface area (Å²) in [5, 5.41) is 10.9. The number of hydrogen-bond acceptors (Lipinski definition) is 5. The second-order valence-corrected chi connectivity index (χ2v) is 9.19. The minimum atomic E-state index is -0.801. The van der Waals surface area contributed by atoms with Gasteiger partial charge in [-0.15, -0.1) is 0 Å². The molecule has 1 aliphatic rings. The summed E-state index contributed by atoms with van der Waals surface area (Å²) in [6.07, 6.45) is 3.90. The number of amides is 1. The highest BCUT2D eigenvalue weighted by molar-refractivity contribution is 5.77. The molecule has 0 aliphatic carbocycles. The van der Waals surface area contributed by atoms with Gasteiger partial charge in [0.2, 0.25) is 0 Å². The Kier molecular flexibility index (Phi) is 10.5. The van der Waals surface area contributed by atoms with Gasteiger partial charge in [0.05, 0.1) is 6.54 Å². The molecule has 1 N–H and O–H groups in total. The number of furan rings is 1. The number of carboxylic acid groups (broad SMARTS) is 1. The van der Waals surface area contributed by atoms with E-state index in [1.54, 1.807) is 4.90 Å². The van der Waals surface area contributed by atoms with Crippen LogP contribution in [0.3, 0.4) is 0 Å². The molecule has 1 aromatic heterocycles. The van der Waals surface area contributed by atoms with Crippen LogP contribution in [0.25, 0.3) is 11.0 Å². The predicted octanol–water partition coefficient (Wildman–Crippen LogP) is 4.43. The molecule has 2 heterocycles. The minimum Gasteiger partial charge on any atom is -0.465 e. The fourth-order valence-corrected chi connectivity index (χ4v) is 4.43. The van der Waals surface area contributed by atoms with Crippen LogP contribution < -0.4 is 0 Å². The number of hydrogen-bond donors (Lipinski definition) is 1. The third-order valence-electron chi connectivity index (χ3n) is 6.62. The maximum atomic E-state index is 11.8. The molecule has 0 atom stereocenters. The van der Waals surface area contributed by atoms with Crippen molar-refractivity contribution in [1.82, 2.24) is 19.6 Å². The molecule has 7 nitrogen and oxygen atoms in total. The van der Waals surface area contributed by atoms with Crippen molar-refractivity contribution in [3.05, 3.63) is 36.1 Å². The molecule has 2 aromatic rings. The second kappa shape index (κ2) is 13.6. The number of rotatable bonds is 14. The van der Waals surface area contributed by atoms with Crippen LogP contribution in [0.2, 0.25) is 0 Å². The van der Waals surface area contributed by atoms with Gasteiger partial charge in [0, 0.05) is 57.7 Å². The van der Waals surface area contributed by atoms with Crippen molar-refractivity contribution < 1.29 is 14.3 Å². The molecule has 1 aromatic carbocycles. The predicted molar refractivity (Wildman–Crippen MR) is 134 cm³/mol. The smallest absolute Gasteiger partial charge is 0.407 e. The van der Waals surface area contributed by atoms with Gasteiger partial charge in [-0.05, 0) is 38.1 Å². The number of fused-ring (bicyclic) bond motifs is 1. The first-order valence-electron chi connectivity index (χ1n) is 12.7. The first-order valence-corrected chi connectivity index (χ1v) is 12.7. The Morgan fingerprint density at radius 1 is 0.939 bits per heavy atom. The molecule has 1 saturated heterocycles. The molecule has 1 fully saturated rings. The van der Waals surface area contributed by atoms with Crippen LogP contribution in [-0.2, 0) is 6.54 Å². The first-order chi connectivity index (χ1) is 16.1. The zero-order chi connectivity index (χ0) is 23.5. The molecule has 0 unspecified atom stereocenters. The van der Waals surface area contributed by atoms with E-state index in [-0.39, 0.29) is 0 Å². The normalized spacial score (nSPS) is 15.5. The molecule has 33 heavy (non-hydrogen) atoms. The monoisotopic (exact) mass is 458 g/mol. The number of carbonyl (C=O) groups is 1. The van der Waals surface area contributed by atoms with Crippen LogP contribution in [0.5, 0.6) is 0 Å². The molecule has 0 radical (unpaired) electrons. The van der Waals surface area contributed by atoms with Gasteiger partial charge in [-0.3, -0.25) is 9.80 Å². The van der Waals surface area contributed by atoms with E-state index in [1.807, 2.05) is 18.2 Å². The van der Waals surface area contributed by atoms with Gasteiger partial charge < -0.3 is 19.3 Å². The van der Waals surface area contributed by atoms with Gasteiger partial charge in [0.15, 0.2) is 0 Å². The lowest BCUT2D eigenvalue weighted by Crippen LogP contribution is -2.49. The molecular formula is C26H42N4O3. The summed E-state index contributed by atoms with van der Waals surface area (Å²) in [6, 6.07) is 10.3. The Morgan fingerprint density at radius 2 is 1.61 bits per heavy atom. The van der Waals surface area contributed by atoms with Crippen molar-refractivity contribution in [2.24, 2.45) is 0 Å². The van der Waals surface area contributed by atoms with E-state index >= 15 is 0 Å². The van der Waals surface area contributed by atoms with Crippen molar-refractivity contribution in [3.8, 4) is 0 Å². The van der Waals surface area contributed by atoms with Gasteiger partial charge in [-0.25, -0.2) is 4.79 Å². The van der Waals surface area contributed by atoms with Crippen LogP contribution in [-0.4, -0.2) is 96.2 Å². The summed E-state index contributed by atoms with van der Waals surface area (Å²) in [5.41, 5.74) is 0.947. The van der Waals surface area contributed by atoms with Crippen molar-refractivity contribution in [1.29, 1.82) is 0 Å². The largest absolute Gasteiger partial charge is 0.465 e. The first kappa shape index (κ1) is 25.5. The third-order valence-corrected chi connectivity index (χ3v) is 6.62. The van der Waals surface area contributed by atoms with Crippen molar-refractivity contribution in [2.45, 2.75) is 46.1 Å². The van der Waals surface area contributed by atoms with Gasteiger partial charge in [0.1, 0.15) is 11.3 Å². The van der Waals surface area contributed by atoms with E-state index in [1.165, 1.54) is 25.7 Å². The molecular weight excluding hydrogens is 416 g/mol. The molecule has 0 saturated carbocycles. The van der Waals surface area contributed by atoms with Crippen molar-refractivity contribution in [3.63, 3.8) is 0 Å². The molecule has 0 spiro atoms. The SMILES string of the molecule is CCCCN(CCCC)CCN(CCN1CCN(Cc2cc3ccccc3o2)CC1)C(=O)O. The Balaban J connectivity index is 1.39. The van der Waals surface area contributed by atoms with Crippen molar-refractivity contribution in [2.75, 3.05) is 65.4 Å². The Labute approximate surface area is 198 Å². The van der Waals surface area contributed by atoms with Crippen LogP contribution >= 0.6 is 0 Å². The number of para-hydroxylation sites is 1. The van der Waals surface area contributed by atoms with Crippen LogP contribution in [0.15, 0.2) is 34.7 Å². The Hall–Kier alpha value is -2.09. The van der Waals surface area contributed by atoms with E-state index < -0.39 is 6.09 Å². The summed E-state index contributed by atoms with van der Waals surface area (Å²) in [6.45, 7) is 14.1. The molecule has 7 heteroatoms. The lowest BCUT2D eigenvalue weighted by atomic mass is 10.2. The number of nitrogens with zero attached hydrogens (tertiary/aromatic N) is 4. The summed E-state index contributed by atoms with van der Waals surface area (Å²) < 4.78 is 5.97. The second-order valence-electron chi connectivity index (χ2n) is 9.19. The Morgan fingerprint density at radius 3 is 2.24 bits per heavy atom. The van der Waals surface area contributed by atoms with Gasteiger partial charge in [0.25, 0.3) is 0 Å². The zero-order valence-electron chi connectivity index (χ0n) is 20.5. The van der Waals surface area contributed by atoms with E-state index in [0.717, 1.165) is 75.6 Å². The summed E-state index contributed by atoms with van der Waals surface area (Å²) in [7, 11) is 0. The third kappa shape index (κ3) is 8.32. The fourth-order valence-electron chi connectivity index (χ4n) is 4.43. The van der Waals surface area contributed by atoms with Gasteiger partial charge >= 0.3 is 6.09 Å². The van der Waals surface area contributed by atoms with Crippen LogP contribution in [0, 0.1) is 0 Å². The highest BCUT2D eigenvalue weighted by Crippen LogP contribution is 2.20. The maximum Gasteiger partial charge on any atom is 0.407 e. The average molecular weight is 459 g/mol. The number of benzene rings is 1. The minimum absolute atomic E-state index is 0.578. The summed E-state index contributed by atoms with van der Waals surface area (Å²) >= 11 is 0. The van der Waals surface area contributed by atoms with E-state index in [4.69, 9.17) is 4.42 Å². The van der Waals surface area contributed by atoms with Crippen LogP contribution in [0.4, 0.5) is 4.79 Å². The maximum absolute atomic E-state index is 11.8. The molecule has 1 amide bonds.